The van der Waals surface area contributed by atoms with Crippen LogP contribution in [0.4, 0.5) is 0 Å². The molecule has 170 valence electrons. The maximum atomic E-state index is 13.2. The van der Waals surface area contributed by atoms with E-state index in [9.17, 15) is 19.8 Å². The number of Topliss-reactive ketones (excluding diaryl/α,β-unsaturated/α-hetero) is 1. The monoisotopic (exact) mass is 430 g/mol. The molecular formula is C25H34O6. The fraction of sp³-hybridized carbons (Fsp3) is 0.760. The molecule has 0 aromatic carbocycles. The molecule has 5 aliphatic rings. The second kappa shape index (κ2) is 7.08. The van der Waals surface area contributed by atoms with Gasteiger partial charge in [-0.2, -0.15) is 0 Å². The van der Waals surface area contributed by atoms with Gasteiger partial charge in [-0.05, 0) is 56.1 Å². The second-order valence-electron chi connectivity index (χ2n) is 10.7. The average Bonchev–Trinajstić information content (AvgIpc) is 3.20. The zero-order valence-electron chi connectivity index (χ0n) is 18.7. The molecule has 1 aliphatic heterocycles. The van der Waals surface area contributed by atoms with E-state index >= 15 is 0 Å². The first-order valence-corrected chi connectivity index (χ1v) is 11.8. The highest BCUT2D eigenvalue weighted by Gasteiger charge is 2.75. The third kappa shape index (κ3) is 2.65. The Morgan fingerprint density at radius 3 is 2.81 bits per heavy atom. The van der Waals surface area contributed by atoms with Crippen molar-refractivity contribution in [1.82, 2.24) is 0 Å². The summed E-state index contributed by atoms with van der Waals surface area (Å²) in [6, 6.07) is 0. The van der Waals surface area contributed by atoms with Crippen LogP contribution in [-0.2, 0) is 19.1 Å². The van der Waals surface area contributed by atoms with Crippen molar-refractivity contribution in [2.75, 3.05) is 6.61 Å². The molecule has 3 saturated carbocycles. The molecule has 6 nitrogen and oxygen atoms in total. The Kier molecular flexibility index (Phi) is 4.91. The lowest BCUT2D eigenvalue weighted by Crippen LogP contribution is -2.63. The molecule has 0 spiro atoms. The molecule has 4 aliphatic carbocycles. The number of ether oxygens (including phenoxy) is 2. The first kappa shape index (κ1) is 21.5. The molecule has 5 rings (SSSR count). The summed E-state index contributed by atoms with van der Waals surface area (Å²) in [7, 11) is 0. The Balaban J connectivity index is 1.55. The highest BCUT2D eigenvalue weighted by Crippen LogP contribution is 2.69. The topological polar surface area (TPSA) is 93.1 Å². The second-order valence-corrected chi connectivity index (χ2v) is 10.7. The maximum Gasteiger partial charge on any atom is 0.193 e. The largest absolute Gasteiger partial charge is 0.393 e. The number of hydrogen-bond donors (Lipinski definition) is 2. The molecule has 0 aromatic rings. The summed E-state index contributed by atoms with van der Waals surface area (Å²) in [6.45, 7) is 5.67. The summed E-state index contributed by atoms with van der Waals surface area (Å²) >= 11 is 0. The van der Waals surface area contributed by atoms with Crippen molar-refractivity contribution < 1.29 is 29.3 Å². The first-order chi connectivity index (χ1) is 14.7. The zero-order chi connectivity index (χ0) is 22.2. The number of ketones is 2. The Morgan fingerprint density at radius 1 is 1.32 bits per heavy atom. The molecule has 0 radical (unpaired) electrons. The van der Waals surface area contributed by atoms with Crippen molar-refractivity contribution in [2.24, 2.45) is 28.6 Å². The van der Waals surface area contributed by atoms with Gasteiger partial charge in [0.2, 0.25) is 0 Å². The minimum Gasteiger partial charge on any atom is -0.393 e. The van der Waals surface area contributed by atoms with Gasteiger partial charge in [0.15, 0.2) is 23.5 Å². The first-order valence-electron chi connectivity index (χ1n) is 11.8. The Hall–Kier alpha value is -1.34. The number of aliphatic hydroxyl groups is 2. The summed E-state index contributed by atoms with van der Waals surface area (Å²) in [6.07, 6.45) is 8.31. The van der Waals surface area contributed by atoms with E-state index in [4.69, 9.17) is 9.47 Å². The molecular weight excluding hydrogens is 396 g/mol. The van der Waals surface area contributed by atoms with Gasteiger partial charge in [-0.1, -0.05) is 38.8 Å². The molecule has 1 saturated heterocycles. The lowest BCUT2D eigenvalue weighted by atomic mass is 9.46. The van der Waals surface area contributed by atoms with Crippen molar-refractivity contribution in [1.29, 1.82) is 0 Å². The van der Waals surface area contributed by atoms with Gasteiger partial charge in [-0.15, -0.1) is 0 Å². The predicted octanol–water partition coefficient (Wildman–Crippen LogP) is 2.72. The molecule has 4 fully saturated rings. The highest BCUT2D eigenvalue weighted by molar-refractivity contribution is 6.01. The molecule has 0 bridgehead atoms. The van der Waals surface area contributed by atoms with Gasteiger partial charge in [0.25, 0.3) is 0 Å². The number of rotatable bonds is 4. The third-order valence-electron chi connectivity index (χ3n) is 9.37. The number of hydrogen-bond acceptors (Lipinski definition) is 6. The van der Waals surface area contributed by atoms with Gasteiger partial charge in [-0.3, -0.25) is 9.59 Å². The van der Waals surface area contributed by atoms with Crippen LogP contribution < -0.4 is 0 Å². The van der Waals surface area contributed by atoms with E-state index in [1.807, 2.05) is 6.08 Å². The molecule has 0 aromatic heterocycles. The summed E-state index contributed by atoms with van der Waals surface area (Å²) in [4.78, 5) is 25.2. The van der Waals surface area contributed by atoms with Crippen LogP contribution in [0.1, 0.15) is 59.3 Å². The van der Waals surface area contributed by atoms with Crippen molar-refractivity contribution in [3.63, 3.8) is 0 Å². The predicted molar refractivity (Wildman–Crippen MR) is 113 cm³/mol. The lowest BCUT2D eigenvalue weighted by Gasteiger charge is -2.59. The zero-order valence-corrected chi connectivity index (χ0v) is 18.7. The van der Waals surface area contributed by atoms with Crippen molar-refractivity contribution in [3.8, 4) is 0 Å². The van der Waals surface area contributed by atoms with Crippen LogP contribution in [0.15, 0.2) is 23.8 Å². The van der Waals surface area contributed by atoms with Crippen LogP contribution in [0.2, 0.25) is 0 Å². The van der Waals surface area contributed by atoms with Crippen molar-refractivity contribution >= 4 is 11.6 Å². The number of carbonyl (C=O) groups is 2. The molecule has 0 unspecified atom stereocenters. The smallest absolute Gasteiger partial charge is 0.193 e. The van der Waals surface area contributed by atoms with Crippen LogP contribution >= 0.6 is 0 Å². The van der Waals surface area contributed by atoms with Gasteiger partial charge >= 0.3 is 0 Å². The molecule has 31 heavy (non-hydrogen) atoms. The quantitative estimate of drug-likeness (QED) is 0.712. The standard InChI is InChI=1S/C25H34O6/c1-4-5-21-30-20-11-17-16-7-6-14-10-15(27)8-9-23(14,2)22(16)18(28)12-24(17,3)25(20,31-21)19(29)13-26/h8-10,16-18,20-22,26,28H,4-7,11-13H2,1-3H3/t16-,17+,18-,20+,21+,22-,23-,24-,25+/m0/s1. The van der Waals surface area contributed by atoms with Crippen LogP contribution in [0.5, 0.6) is 0 Å². The van der Waals surface area contributed by atoms with Crippen molar-refractivity contribution in [3.05, 3.63) is 23.8 Å². The van der Waals surface area contributed by atoms with Gasteiger partial charge in [0.1, 0.15) is 6.61 Å². The van der Waals surface area contributed by atoms with Crippen molar-refractivity contribution in [2.45, 2.75) is 83.4 Å². The molecule has 0 amide bonds. The van der Waals surface area contributed by atoms with Gasteiger partial charge in [-0.25, -0.2) is 0 Å². The summed E-state index contributed by atoms with van der Waals surface area (Å²) < 4.78 is 12.7. The van der Waals surface area contributed by atoms with E-state index in [2.05, 4.69) is 20.8 Å². The minimum atomic E-state index is -1.20. The fourth-order valence-corrected chi connectivity index (χ4v) is 8.12. The van der Waals surface area contributed by atoms with E-state index in [1.165, 1.54) is 0 Å². The minimum absolute atomic E-state index is 0.0125. The number of fused-ring (bicyclic) bond motifs is 7. The highest BCUT2D eigenvalue weighted by atomic mass is 16.7. The Morgan fingerprint density at radius 2 is 2.10 bits per heavy atom. The molecule has 6 heteroatoms. The van der Waals surface area contributed by atoms with E-state index in [1.54, 1.807) is 12.2 Å². The number of carbonyl (C=O) groups excluding carboxylic acids is 2. The van der Waals surface area contributed by atoms with E-state index < -0.39 is 36.1 Å². The van der Waals surface area contributed by atoms with Gasteiger partial charge < -0.3 is 19.7 Å². The summed E-state index contributed by atoms with van der Waals surface area (Å²) in [5.74, 6) is 0.0274. The maximum absolute atomic E-state index is 13.2. The van der Waals surface area contributed by atoms with E-state index in [-0.39, 0.29) is 34.7 Å². The number of allylic oxidation sites excluding steroid dienone is 4. The molecule has 1 heterocycles. The SMILES string of the molecule is CCC[C@@H]1O[C@@H]2C[C@@H]3[C@@H]4CCC5=CC(=O)C=C[C@]5(C)[C@@H]4[C@@H](O)C[C@]3(C)[C@]2(C(=O)CO)O1. The number of aliphatic hydroxyl groups excluding tert-OH is 2. The summed E-state index contributed by atoms with van der Waals surface area (Å²) in [5.41, 5.74) is -1.05. The molecule has 9 atom stereocenters. The summed E-state index contributed by atoms with van der Waals surface area (Å²) in [5, 5.41) is 21.4. The van der Waals surface area contributed by atoms with Crippen LogP contribution in [0, 0.1) is 28.6 Å². The van der Waals surface area contributed by atoms with Crippen LogP contribution in [0.3, 0.4) is 0 Å². The fourth-order valence-electron chi connectivity index (χ4n) is 8.12. The Labute approximate surface area is 183 Å². The molecule has 2 N–H and O–H groups in total. The third-order valence-corrected chi connectivity index (χ3v) is 9.37. The van der Waals surface area contributed by atoms with E-state index in [0.29, 0.717) is 19.3 Å². The average molecular weight is 431 g/mol. The van der Waals surface area contributed by atoms with Gasteiger partial charge in [0, 0.05) is 16.7 Å². The van der Waals surface area contributed by atoms with Gasteiger partial charge in [0.05, 0.1) is 12.2 Å². The van der Waals surface area contributed by atoms with Crippen LogP contribution in [-0.4, -0.2) is 52.5 Å². The van der Waals surface area contributed by atoms with Crippen LogP contribution in [0.25, 0.3) is 0 Å². The Bertz CT molecular complexity index is 862. The normalized spacial score (nSPS) is 50.4. The van der Waals surface area contributed by atoms with E-state index in [0.717, 1.165) is 24.8 Å². The lowest BCUT2D eigenvalue weighted by molar-refractivity contribution is -0.200.